The van der Waals surface area contributed by atoms with E-state index in [4.69, 9.17) is 4.42 Å². The van der Waals surface area contributed by atoms with Gasteiger partial charge in [-0.2, -0.15) is 5.10 Å². The summed E-state index contributed by atoms with van der Waals surface area (Å²) in [7, 11) is 0. The summed E-state index contributed by atoms with van der Waals surface area (Å²) in [5.74, 6) is 0.469. The van der Waals surface area contributed by atoms with Gasteiger partial charge < -0.3 is 15.1 Å². The minimum absolute atomic E-state index is 0.191. The molecule has 0 saturated carbocycles. The molecular formula is C29H25N5O3. The normalized spacial score (nSPS) is 10.7. The first kappa shape index (κ1) is 23.7. The molecule has 0 aliphatic carbocycles. The predicted octanol–water partition coefficient (Wildman–Crippen LogP) is 5.08. The van der Waals surface area contributed by atoms with Crippen LogP contribution in [0.1, 0.15) is 37.7 Å². The van der Waals surface area contributed by atoms with Crippen LogP contribution in [0, 0.1) is 6.92 Å². The van der Waals surface area contributed by atoms with Gasteiger partial charge in [0.2, 0.25) is 5.89 Å². The Kier molecular flexibility index (Phi) is 6.89. The van der Waals surface area contributed by atoms with E-state index in [2.05, 4.69) is 20.7 Å². The zero-order valence-corrected chi connectivity index (χ0v) is 20.2. The molecule has 2 heterocycles. The molecule has 0 spiro atoms. The van der Waals surface area contributed by atoms with E-state index < -0.39 is 0 Å². The van der Waals surface area contributed by atoms with Crippen molar-refractivity contribution in [2.75, 3.05) is 5.32 Å². The van der Waals surface area contributed by atoms with Gasteiger partial charge in [-0.25, -0.2) is 4.98 Å². The number of aromatic nitrogens is 3. The molecule has 8 heteroatoms. The highest BCUT2D eigenvalue weighted by atomic mass is 16.4. The van der Waals surface area contributed by atoms with Gasteiger partial charge in [0.05, 0.1) is 36.1 Å². The maximum atomic E-state index is 12.7. The van der Waals surface area contributed by atoms with Gasteiger partial charge in [-0.15, -0.1) is 0 Å². The quantitative estimate of drug-likeness (QED) is 0.315. The second-order valence-electron chi connectivity index (χ2n) is 8.48. The van der Waals surface area contributed by atoms with Gasteiger partial charge in [-0.3, -0.25) is 14.3 Å². The summed E-state index contributed by atoms with van der Waals surface area (Å²) >= 11 is 0. The van der Waals surface area contributed by atoms with Crippen molar-refractivity contribution >= 4 is 17.5 Å². The van der Waals surface area contributed by atoms with E-state index >= 15 is 0 Å². The number of carbonyl (C=O) groups excluding carboxylic acids is 2. The van der Waals surface area contributed by atoms with Crippen LogP contribution in [-0.2, 0) is 13.1 Å². The summed E-state index contributed by atoms with van der Waals surface area (Å²) in [6, 6.07) is 26.2. The number of anilines is 1. The van der Waals surface area contributed by atoms with Crippen molar-refractivity contribution in [1.82, 2.24) is 20.1 Å². The smallest absolute Gasteiger partial charge is 0.255 e. The molecule has 8 nitrogen and oxygen atoms in total. The summed E-state index contributed by atoms with van der Waals surface area (Å²) in [5.41, 5.74) is 3.95. The Labute approximate surface area is 214 Å². The molecule has 3 aromatic carbocycles. The Morgan fingerprint density at radius 3 is 2.35 bits per heavy atom. The summed E-state index contributed by atoms with van der Waals surface area (Å²) in [6.07, 6.45) is 3.26. The van der Waals surface area contributed by atoms with Crippen LogP contribution < -0.4 is 10.6 Å². The lowest BCUT2D eigenvalue weighted by Gasteiger charge is -2.08. The van der Waals surface area contributed by atoms with Crippen LogP contribution in [-0.4, -0.2) is 26.6 Å². The Morgan fingerprint density at radius 2 is 1.57 bits per heavy atom. The number of nitrogens with one attached hydrogen (secondary N) is 2. The first-order valence-corrected chi connectivity index (χ1v) is 11.8. The van der Waals surface area contributed by atoms with E-state index in [9.17, 15) is 9.59 Å². The van der Waals surface area contributed by atoms with E-state index in [-0.39, 0.29) is 18.4 Å². The standard InChI is InChI=1S/C29H25N5O3/c1-20-26(17-30-27(35)23-16-31-34(19-23)18-21-10-4-2-5-11-21)33-29(37-20)24-14-8-9-15-25(24)32-28(36)22-12-6-3-7-13-22/h2-16,19H,17-18H2,1H3,(H,30,35)(H,32,36). The summed E-state index contributed by atoms with van der Waals surface area (Å²) in [6.45, 7) is 2.57. The molecule has 2 aromatic heterocycles. The van der Waals surface area contributed by atoms with Gasteiger partial charge >= 0.3 is 0 Å². The molecular weight excluding hydrogens is 466 g/mol. The van der Waals surface area contributed by atoms with Crippen LogP contribution in [0.4, 0.5) is 5.69 Å². The molecule has 0 saturated heterocycles. The zero-order valence-electron chi connectivity index (χ0n) is 20.2. The van der Waals surface area contributed by atoms with Crippen LogP contribution in [0.15, 0.2) is 102 Å². The highest BCUT2D eigenvalue weighted by molar-refractivity contribution is 6.06. The molecule has 37 heavy (non-hydrogen) atoms. The van der Waals surface area contributed by atoms with E-state index in [0.717, 1.165) is 5.56 Å². The first-order chi connectivity index (χ1) is 18.1. The van der Waals surface area contributed by atoms with Gasteiger partial charge in [0.1, 0.15) is 11.5 Å². The minimum atomic E-state index is -0.251. The molecule has 2 N–H and O–H groups in total. The molecule has 0 radical (unpaired) electrons. The Morgan fingerprint density at radius 1 is 0.865 bits per heavy atom. The number of benzene rings is 3. The van der Waals surface area contributed by atoms with Gasteiger partial charge in [0.15, 0.2) is 0 Å². The van der Waals surface area contributed by atoms with Crippen LogP contribution in [0.25, 0.3) is 11.5 Å². The maximum absolute atomic E-state index is 12.7. The molecule has 0 unspecified atom stereocenters. The second-order valence-corrected chi connectivity index (χ2v) is 8.48. The average Bonchev–Trinajstić information content (AvgIpc) is 3.55. The van der Waals surface area contributed by atoms with Crippen molar-refractivity contribution in [2.45, 2.75) is 20.0 Å². The van der Waals surface area contributed by atoms with Crippen molar-refractivity contribution in [3.8, 4) is 11.5 Å². The van der Waals surface area contributed by atoms with Gasteiger partial charge in [-0.05, 0) is 36.8 Å². The molecule has 184 valence electrons. The lowest BCUT2D eigenvalue weighted by molar-refractivity contribution is 0.0949. The van der Waals surface area contributed by atoms with Crippen molar-refractivity contribution < 1.29 is 14.0 Å². The Balaban J connectivity index is 1.26. The van der Waals surface area contributed by atoms with E-state index in [1.165, 1.54) is 0 Å². The number of rotatable bonds is 8. The van der Waals surface area contributed by atoms with Crippen LogP contribution in [0.2, 0.25) is 0 Å². The largest absolute Gasteiger partial charge is 0.441 e. The Bertz CT molecular complexity index is 1520. The number of oxazole rings is 1. The lowest BCUT2D eigenvalue weighted by Crippen LogP contribution is -2.23. The van der Waals surface area contributed by atoms with Crippen LogP contribution in [0.5, 0.6) is 0 Å². The monoisotopic (exact) mass is 491 g/mol. The van der Waals surface area contributed by atoms with E-state index in [1.54, 1.807) is 42.2 Å². The predicted molar refractivity (Wildman–Crippen MR) is 140 cm³/mol. The molecule has 0 aliphatic rings. The maximum Gasteiger partial charge on any atom is 0.255 e. The third kappa shape index (κ3) is 5.65. The number of hydrogen-bond donors (Lipinski definition) is 2. The van der Waals surface area contributed by atoms with Crippen molar-refractivity contribution in [3.05, 3.63) is 125 Å². The van der Waals surface area contributed by atoms with Gasteiger partial charge in [0.25, 0.3) is 11.8 Å². The van der Waals surface area contributed by atoms with Crippen LogP contribution >= 0.6 is 0 Å². The zero-order chi connectivity index (χ0) is 25.6. The second kappa shape index (κ2) is 10.7. The van der Waals surface area contributed by atoms with Crippen molar-refractivity contribution in [3.63, 3.8) is 0 Å². The third-order valence-corrected chi connectivity index (χ3v) is 5.83. The molecule has 5 aromatic rings. The fraction of sp³-hybridized carbons (Fsp3) is 0.103. The minimum Gasteiger partial charge on any atom is -0.441 e. The van der Waals surface area contributed by atoms with E-state index in [0.29, 0.717) is 46.3 Å². The van der Waals surface area contributed by atoms with Gasteiger partial charge in [0, 0.05) is 11.8 Å². The summed E-state index contributed by atoms with van der Waals surface area (Å²) in [4.78, 5) is 30.0. The fourth-order valence-corrected chi connectivity index (χ4v) is 3.87. The summed E-state index contributed by atoms with van der Waals surface area (Å²) < 4.78 is 7.63. The highest BCUT2D eigenvalue weighted by Gasteiger charge is 2.17. The SMILES string of the molecule is Cc1oc(-c2ccccc2NC(=O)c2ccccc2)nc1CNC(=O)c1cnn(Cc2ccccc2)c1. The number of para-hydroxylation sites is 1. The van der Waals surface area contributed by atoms with Crippen molar-refractivity contribution in [2.24, 2.45) is 0 Å². The first-order valence-electron chi connectivity index (χ1n) is 11.8. The molecule has 2 amide bonds. The summed E-state index contributed by atoms with van der Waals surface area (Å²) in [5, 5.41) is 10.1. The fourth-order valence-electron chi connectivity index (χ4n) is 3.87. The molecule has 0 fully saturated rings. The third-order valence-electron chi connectivity index (χ3n) is 5.83. The highest BCUT2D eigenvalue weighted by Crippen LogP contribution is 2.29. The molecule has 0 atom stereocenters. The lowest BCUT2D eigenvalue weighted by atomic mass is 10.1. The number of amides is 2. The number of aryl methyl sites for hydroxylation is 1. The number of carbonyl (C=O) groups is 2. The molecule has 0 aliphatic heterocycles. The number of hydrogen-bond acceptors (Lipinski definition) is 5. The number of nitrogens with zero attached hydrogens (tertiary/aromatic N) is 3. The average molecular weight is 492 g/mol. The molecule has 0 bridgehead atoms. The molecule has 5 rings (SSSR count). The van der Waals surface area contributed by atoms with Gasteiger partial charge in [-0.1, -0.05) is 60.7 Å². The van der Waals surface area contributed by atoms with Crippen LogP contribution in [0.3, 0.4) is 0 Å². The van der Waals surface area contributed by atoms with E-state index in [1.807, 2.05) is 66.7 Å². The Hall–Kier alpha value is -4.98. The topological polar surface area (TPSA) is 102 Å². The van der Waals surface area contributed by atoms with Crippen molar-refractivity contribution in [1.29, 1.82) is 0 Å².